The van der Waals surface area contributed by atoms with E-state index in [-0.39, 0.29) is 16.6 Å². The SMILES string of the molecule is CC[C@@H](NC(=O)/C(=C/c1ccco1)NC(=O)c1ccccc1)c1ccc(S(C)(=O)=O)cc1. The van der Waals surface area contributed by atoms with Crippen LogP contribution in [0.25, 0.3) is 6.08 Å². The lowest BCUT2D eigenvalue weighted by Crippen LogP contribution is -2.36. The van der Waals surface area contributed by atoms with Gasteiger partial charge in [0.05, 0.1) is 17.2 Å². The van der Waals surface area contributed by atoms with E-state index in [1.165, 1.54) is 24.5 Å². The third-order valence-corrected chi connectivity index (χ3v) is 5.91. The highest BCUT2D eigenvalue weighted by molar-refractivity contribution is 7.90. The molecule has 32 heavy (non-hydrogen) atoms. The van der Waals surface area contributed by atoms with E-state index in [0.717, 1.165) is 11.8 Å². The summed E-state index contributed by atoms with van der Waals surface area (Å²) >= 11 is 0. The molecule has 0 bridgehead atoms. The summed E-state index contributed by atoms with van der Waals surface area (Å²) in [6, 6.07) is 17.9. The second-order valence-corrected chi connectivity index (χ2v) is 9.18. The Bertz CT molecular complexity index is 1200. The molecule has 7 nitrogen and oxygen atoms in total. The fourth-order valence-corrected chi connectivity index (χ4v) is 3.69. The largest absolute Gasteiger partial charge is 0.465 e. The normalized spacial score (nSPS) is 12.8. The van der Waals surface area contributed by atoms with Crippen LogP contribution in [-0.4, -0.2) is 26.5 Å². The molecule has 8 heteroatoms. The van der Waals surface area contributed by atoms with Crippen LogP contribution in [0.4, 0.5) is 0 Å². The van der Waals surface area contributed by atoms with Crippen molar-refractivity contribution < 1.29 is 22.4 Å². The zero-order valence-electron chi connectivity index (χ0n) is 17.7. The van der Waals surface area contributed by atoms with Crippen LogP contribution in [0, 0.1) is 0 Å². The minimum atomic E-state index is -3.31. The summed E-state index contributed by atoms with van der Waals surface area (Å²) in [6.45, 7) is 1.90. The quantitative estimate of drug-likeness (QED) is 0.507. The molecule has 0 aliphatic heterocycles. The molecule has 0 saturated carbocycles. The van der Waals surface area contributed by atoms with Gasteiger partial charge in [-0.05, 0) is 48.4 Å². The molecule has 0 spiro atoms. The van der Waals surface area contributed by atoms with Gasteiger partial charge in [0.15, 0.2) is 9.84 Å². The number of rotatable bonds is 8. The smallest absolute Gasteiger partial charge is 0.268 e. The predicted molar refractivity (Wildman–Crippen MR) is 121 cm³/mol. The van der Waals surface area contributed by atoms with E-state index in [2.05, 4.69) is 10.6 Å². The first kappa shape index (κ1) is 23.0. The van der Waals surface area contributed by atoms with Crippen molar-refractivity contribution >= 4 is 27.7 Å². The average molecular weight is 453 g/mol. The van der Waals surface area contributed by atoms with E-state index >= 15 is 0 Å². The molecule has 0 saturated heterocycles. The average Bonchev–Trinajstić information content (AvgIpc) is 3.30. The summed E-state index contributed by atoms with van der Waals surface area (Å²) in [6.07, 6.45) is 4.63. The van der Waals surface area contributed by atoms with Crippen molar-refractivity contribution in [1.29, 1.82) is 0 Å². The van der Waals surface area contributed by atoms with Crippen molar-refractivity contribution in [1.82, 2.24) is 10.6 Å². The number of hydrogen-bond donors (Lipinski definition) is 2. The number of carbonyl (C=O) groups is 2. The molecule has 166 valence electrons. The first-order chi connectivity index (χ1) is 15.3. The van der Waals surface area contributed by atoms with Gasteiger partial charge in [0.2, 0.25) is 0 Å². The van der Waals surface area contributed by atoms with Crippen LogP contribution in [0.5, 0.6) is 0 Å². The first-order valence-corrected chi connectivity index (χ1v) is 11.9. The minimum absolute atomic E-state index is 0.0278. The number of sulfone groups is 1. The van der Waals surface area contributed by atoms with Crippen LogP contribution >= 0.6 is 0 Å². The summed E-state index contributed by atoms with van der Waals surface area (Å²) in [5.74, 6) is -0.511. The van der Waals surface area contributed by atoms with Crippen LogP contribution in [0.2, 0.25) is 0 Å². The summed E-state index contributed by atoms with van der Waals surface area (Å²) in [5, 5.41) is 5.55. The van der Waals surface area contributed by atoms with Crippen molar-refractivity contribution in [2.45, 2.75) is 24.3 Å². The third-order valence-electron chi connectivity index (χ3n) is 4.78. The van der Waals surface area contributed by atoms with Gasteiger partial charge >= 0.3 is 0 Å². The maximum atomic E-state index is 13.1. The topological polar surface area (TPSA) is 105 Å². The summed E-state index contributed by atoms with van der Waals surface area (Å²) in [7, 11) is -3.31. The molecule has 3 rings (SSSR count). The van der Waals surface area contributed by atoms with Crippen LogP contribution < -0.4 is 10.6 Å². The summed E-state index contributed by atoms with van der Waals surface area (Å²) < 4.78 is 28.7. The van der Waals surface area contributed by atoms with Gasteiger partial charge in [-0.1, -0.05) is 37.3 Å². The van der Waals surface area contributed by atoms with Gasteiger partial charge in [-0.3, -0.25) is 9.59 Å². The van der Waals surface area contributed by atoms with Gasteiger partial charge in [0.1, 0.15) is 11.5 Å². The molecule has 0 aliphatic rings. The minimum Gasteiger partial charge on any atom is -0.465 e. The van der Waals surface area contributed by atoms with Crippen molar-refractivity contribution in [3.8, 4) is 0 Å². The van der Waals surface area contributed by atoms with E-state index in [0.29, 0.717) is 17.7 Å². The lowest BCUT2D eigenvalue weighted by atomic mass is 10.0. The number of hydrogen-bond acceptors (Lipinski definition) is 5. The zero-order valence-corrected chi connectivity index (χ0v) is 18.6. The highest BCUT2D eigenvalue weighted by atomic mass is 32.2. The maximum Gasteiger partial charge on any atom is 0.268 e. The van der Waals surface area contributed by atoms with Gasteiger partial charge < -0.3 is 15.1 Å². The molecular formula is C24H24N2O5S. The van der Waals surface area contributed by atoms with Crippen molar-refractivity contribution in [3.05, 3.63) is 95.6 Å². The van der Waals surface area contributed by atoms with Crippen molar-refractivity contribution in [3.63, 3.8) is 0 Å². The number of furan rings is 1. The lowest BCUT2D eigenvalue weighted by molar-refractivity contribution is -0.118. The molecule has 0 aliphatic carbocycles. The zero-order chi connectivity index (χ0) is 23.1. The highest BCUT2D eigenvalue weighted by Gasteiger charge is 2.20. The second-order valence-electron chi connectivity index (χ2n) is 7.17. The highest BCUT2D eigenvalue weighted by Crippen LogP contribution is 2.20. The van der Waals surface area contributed by atoms with E-state index in [1.807, 2.05) is 6.92 Å². The fraction of sp³-hybridized carbons (Fsp3) is 0.167. The van der Waals surface area contributed by atoms with E-state index in [9.17, 15) is 18.0 Å². The van der Waals surface area contributed by atoms with Gasteiger partial charge in [-0.15, -0.1) is 0 Å². The van der Waals surface area contributed by atoms with E-state index < -0.39 is 21.7 Å². The second kappa shape index (κ2) is 10.1. The molecular weight excluding hydrogens is 428 g/mol. The standard InChI is InChI=1S/C24H24N2O5S/c1-3-21(17-11-13-20(14-12-17)32(2,29)30)25-24(28)22(16-19-10-7-15-31-19)26-23(27)18-8-5-4-6-9-18/h4-16,21H,3H2,1-2H3,(H,25,28)(H,26,27)/b22-16-/t21-/m1/s1. The van der Waals surface area contributed by atoms with Crippen molar-refractivity contribution in [2.75, 3.05) is 6.26 Å². The Balaban J connectivity index is 1.83. The molecule has 0 radical (unpaired) electrons. The Morgan fingerprint density at radius 2 is 1.69 bits per heavy atom. The predicted octanol–water partition coefficient (Wildman–Crippen LogP) is 3.72. The van der Waals surface area contributed by atoms with Gasteiger partial charge in [0, 0.05) is 17.9 Å². The van der Waals surface area contributed by atoms with Crippen LogP contribution in [0.1, 0.15) is 41.1 Å². The molecule has 0 fully saturated rings. The maximum absolute atomic E-state index is 13.1. The molecule has 1 aromatic heterocycles. The first-order valence-electron chi connectivity index (χ1n) is 10.0. The van der Waals surface area contributed by atoms with Crippen LogP contribution in [-0.2, 0) is 14.6 Å². The Morgan fingerprint density at radius 1 is 1.00 bits per heavy atom. The Morgan fingerprint density at radius 3 is 2.25 bits per heavy atom. The Labute approximate surface area is 187 Å². The Kier molecular flexibility index (Phi) is 7.27. The molecule has 1 atom stereocenters. The fourth-order valence-electron chi connectivity index (χ4n) is 3.06. The summed E-state index contributed by atoms with van der Waals surface area (Å²) in [5.41, 5.74) is 1.19. The molecule has 3 aromatic rings. The molecule has 1 heterocycles. The van der Waals surface area contributed by atoms with Gasteiger partial charge in [-0.25, -0.2) is 8.42 Å². The monoisotopic (exact) mass is 452 g/mol. The van der Waals surface area contributed by atoms with E-state index in [1.54, 1.807) is 54.6 Å². The molecule has 2 aromatic carbocycles. The van der Waals surface area contributed by atoms with Crippen molar-refractivity contribution in [2.24, 2.45) is 0 Å². The number of nitrogens with one attached hydrogen (secondary N) is 2. The number of carbonyl (C=O) groups excluding carboxylic acids is 2. The van der Waals surface area contributed by atoms with Crippen LogP contribution in [0.3, 0.4) is 0 Å². The lowest BCUT2D eigenvalue weighted by Gasteiger charge is -2.19. The Hall–Kier alpha value is -3.65. The van der Waals surface area contributed by atoms with E-state index in [4.69, 9.17) is 4.42 Å². The molecule has 2 amide bonds. The van der Waals surface area contributed by atoms with Gasteiger partial charge in [0.25, 0.3) is 11.8 Å². The molecule has 0 unspecified atom stereocenters. The third kappa shape index (κ3) is 5.95. The summed E-state index contributed by atoms with van der Waals surface area (Å²) in [4.78, 5) is 25.9. The van der Waals surface area contributed by atoms with Gasteiger partial charge in [-0.2, -0.15) is 0 Å². The number of amides is 2. The number of benzene rings is 2. The van der Waals surface area contributed by atoms with Crippen LogP contribution in [0.15, 0.2) is 88.0 Å². The molecule has 2 N–H and O–H groups in total.